The number of alkyl halides is 1. The van der Waals surface area contributed by atoms with Crippen LogP contribution in [-0.2, 0) is 10.4 Å². The van der Waals surface area contributed by atoms with E-state index < -0.39 is 17.1 Å². The number of hydrogen-bond acceptors (Lipinski definition) is 3. The molecule has 0 radical (unpaired) electrons. The van der Waals surface area contributed by atoms with Crippen LogP contribution in [-0.4, -0.2) is 26.2 Å². The van der Waals surface area contributed by atoms with Gasteiger partial charge in [-0.15, -0.1) is 0 Å². The second-order valence-electron chi connectivity index (χ2n) is 9.21. The molecule has 2 saturated carbocycles. The van der Waals surface area contributed by atoms with Gasteiger partial charge >= 0.3 is 0 Å². The van der Waals surface area contributed by atoms with Crippen molar-refractivity contribution in [1.29, 1.82) is 0 Å². The lowest BCUT2D eigenvalue weighted by molar-refractivity contribution is -0.119. The van der Waals surface area contributed by atoms with Gasteiger partial charge < -0.3 is 9.67 Å². The Balaban J connectivity index is 1.65. The summed E-state index contributed by atoms with van der Waals surface area (Å²) in [5, 5.41) is 13.1. The molecule has 0 atom stereocenters. The highest BCUT2D eigenvalue weighted by molar-refractivity contribution is 5.92. The van der Waals surface area contributed by atoms with Gasteiger partial charge in [0.2, 0.25) is 11.9 Å². The summed E-state index contributed by atoms with van der Waals surface area (Å²) in [4.78, 5) is 16.8. The molecule has 0 spiro atoms. The molecule has 4 rings (SSSR count). The number of imidazole rings is 1. The van der Waals surface area contributed by atoms with Gasteiger partial charge in [-0.25, -0.2) is 13.8 Å². The van der Waals surface area contributed by atoms with Crippen LogP contribution >= 0.6 is 0 Å². The van der Waals surface area contributed by atoms with Crippen LogP contribution in [0.2, 0.25) is 0 Å². The minimum Gasteiger partial charge on any atom is -0.386 e. The van der Waals surface area contributed by atoms with Crippen molar-refractivity contribution in [3.63, 3.8) is 0 Å². The van der Waals surface area contributed by atoms with E-state index in [-0.39, 0.29) is 29.8 Å². The molecule has 2 aliphatic rings. The number of hydrogen-bond donors (Lipinski definition) is 2. The number of anilines is 1. The molecular formula is C21H27F2N3O2. The van der Waals surface area contributed by atoms with Crippen LogP contribution < -0.4 is 5.32 Å². The van der Waals surface area contributed by atoms with Crippen LogP contribution in [0.3, 0.4) is 0 Å². The summed E-state index contributed by atoms with van der Waals surface area (Å²) in [5.74, 6) is -0.372. The molecule has 2 fully saturated rings. The van der Waals surface area contributed by atoms with Gasteiger partial charge in [-0.1, -0.05) is 0 Å². The number of aliphatic hydroxyl groups is 1. The molecule has 2 N–H and O–H groups in total. The van der Waals surface area contributed by atoms with Crippen LogP contribution in [0.25, 0.3) is 11.0 Å². The Morgan fingerprint density at radius 3 is 2.61 bits per heavy atom. The number of rotatable bonds is 5. The van der Waals surface area contributed by atoms with Crippen molar-refractivity contribution >= 4 is 22.9 Å². The summed E-state index contributed by atoms with van der Waals surface area (Å²) in [7, 11) is 0. The highest BCUT2D eigenvalue weighted by Crippen LogP contribution is 2.43. The molecule has 2 aromatic rings. The van der Waals surface area contributed by atoms with Crippen molar-refractivity contribution in [3.05, 3.63) is 23.5 Å². The van der Waals surface area contributed by atoms with Crippen LogP contribution in [0.4, 0.5) is 14.7 Å². The van der Waals surface area contributed by atoms with Crippen molar-refractivity contribution in [3.8, 4) is 0 Å². The lowest BCUT2D eigenvalue weighted by Gasteiger charge is -2.38. The van der Waals surface area contributed by atoms with Gasteiger partial charge in [-0.05, 0) is 76.5 Å². The Morgan fingerprint density at radius 2 is 2.07 bits per heavy atom. The fraction of sp³-hybridized carbons (Fsp3) is 0.619. The highest BCUT2D eigenvalue weighted by Gasteiger charge is 2.41. The number of nitrogens with one attached hydrogen (secondary N) is 1. The van der Waals surface area contributed by atoms with Crippen molar-refractivity contribution in [2.45, 2.75) is 76.6 Å². The van der Waals surface area contributed by atoms with E-state index in [0.29, 0.717) is 29.9 Å². The van der Waals surface area contributed by atoms with E-state index >= 15 is 0 Å². The van der Waals surface area contributed by atoms with Crippen molar-refractivity contribution < 1.29 is 18.7 Å². The van der Waals surface area contributed by atoms with E-state index in [1.165, 1.54) is 6.07 Å². The van der Waals surface area contributed by atoms with Crippen molar-refractivity contribution in [2.75, 3.05) is 5.32 Å². The first kappa shape index (κ1) is 19.3. The maximum Gasteiger partial charge on any atom is 0.226 e. The molecule has 0 unspecified atom stereocenters. The molecule has 5 nitrogen and oxygen atoms in total. The monoisotopic (exact) mass is 391 g/mol. The first-order valence-corrected chi connectivity index (χ1v) is 9.96. The van der Waals surface area contributed by atoms with Crippen LogP contribution in [0.15, 0.2) is 12.1 Å². The van der Waals surface area contributed by atoms with E-state index in [4.69, 9.17) is 0 Å². The Labute approximate surface area is 163 Å². The first-order chi connectivity index (χ1) is 13.0. The third kappa shape index (κ3) is 3.52. The lowest BCUT2D eigenvalue weighted by Crippen LogP contribution is -2.38. The quantitative estimate of drug-likeness (QED) is 0.783. The van der Waals surface area contributed by atoms with Crippen molar-refractivity contribution in [1.82, 2.24) is 9.55 Å². The van der Waals surface area contributed by atoms with Crippen LogP contribution in [0, 0.1) is 11.7 Å². The van der Waals surface area contributed by atoms with Crippen LogP contribution in [0.5, 0.6) is 0 Å². The van der Waals surface area contributed by atoms with E-state index in [9.17, 15) is 18.7 Å². The molecule has 0 bridgehead atoms. The highest BCUT2D eigenvalue weighted by atomic mass is 19.1. The summed E-state index contributed by atoms with van der Waals surface area (Å²) in [5.41, 5.74) is -1.11. The maximum absolute atomic E-state index is 14.7. The summed E-state index contributed by atoms with van der Waals surface area (Å²) in [6, 6.07) is 3.19. The molecule has 1 aromatic heterocycles. The lowest BCUT2D eigenvalue weighted by atomic mass is 9.72. The smallest absolute Gasteiger partial charge is 0.226 e. The topological polar surface area (TPSA) is 67.2 Å². The average Bonchev–Trinajstić information content (AvgIpc) is 2.82. The molecule has 28 heavy (non-hydrogen) atoms. The van der Waals surface area contributed by atoms with Gasteiger partial charge in [0.15, 0.2) is 5.82 Å². The van der Waals surface area contributed by atoms with Crippen molar-refractivity contribution in [2.24, 2.45) is 5.92 Å². The Bertz CT molecular complexity index is 918. The molecule has 0 saturated heterocycles. The molecule has 1 aromatic carbocycles. The van der Waals surface area contributed by atoms with E-state index in [1.54, 1.807) is 26.8 Å². The molecule has 2 aliphatic carbocycles. The number of benzene rings is 1. The summed E-state index contributed by atoms with van der Waals surface area (Å²) >= 11 is 0. The fourth-order valence-electron chi connectivity index (χ4n) is 4.33. The van der Waals surface area contributed by atoms with Gasteiger partial charge in [-0.3, -0.25) is 10.1 Å². The van der Waals surface area contributed by atoms with Crippen LogP contribution in [0.1, 0.15) is 70.9 Å². The number of amides is 1. The number of fused-ring (bicyclic) bond motifs is 1. The normalized spacial score (nSPS) is 25.4. The maximum atomic E-state index is 14.7. The number of halogens is 2. The molecular weight excluding hydrogens is 364 g/mol. The largest absolute Gasteiger partial charge is 0.386 e. The van der Waals surface area contributed by atoms with Gasteiger partial charge in [0.1, 0.15) is 11.2 Å². The zero-order chi connectivity index (χ0) is 20.3. The fourth-order valence-corrected chi connectivity index (χ4v) is 4.33. The summed E-state index contributed by atoms with van der Waals surface area (Å²) in [6.07, 6.45) is 3.97. The Hall–Kier alpha value is -2.02. The zero-order valence-electron chi connectivity index (χ0n) is 16.6. The van der Waals surface area contributed by atoms with E-state index in [1.807, 2.05) is 4.57 Å². The van der Waals surface area contributed by atoms with Gasteiger partial charge in [0.05, 0.1) is 11.1 Å². The van der Waals surface area contributed by atoms with E-state index in [0.717, 1.165) is 19.3 Å². The molecule has 1 heterocycles. The first-order valence-electron chi connectivity index (χ1n) is 9.96. The van der Waals surface area contributed by atoms with Gasteiger partial charge in [0, 0.05) is 12.5 Å². The molecule has 7 heteroatoms. The number of carbonyl (C=O) groups is 1. The second-order valence-corrected chi connectivity index (χ2v) is 9.21. The number of nitrogens with zero attached hydrogens (tertiary/aromatic N) is 2. The predicted octanol–water partition coefficient (Wildman–Crippen LogP) is 4.59. The predicted molar refractivity (Wildman–Crippen MR) is 103 cm³/mol. The minimum atomic E-state index is -1.18. The number of aromatic nitrogens is 2. The third-order valence-electron chi connectivity index (χ3n) is 6.05. The SMILES string of the molecule is CC1(F)CC(CC(=O)Nc2nc3c(F)cc(C(C)(C)O)cc3n2C2CCC2)C1. The summed E-state index contributed by atoms with van der Waals surface area (Å²) < 4.78 is 30.3. The van der Waals surface area contributed by atoms with E-state index in [2.05, 4.69) is 10.3 Å². The zero-order valence-corrected chi connectivity index (χ0v) is 16.6. The average molecular weight is 391 g/mol. The molecule has 1 amide bonds. The second kappa shape index (κ2) is 6.51. The standard InChI is InChI=1S/C21H27F2N3O2/c1-20(2,28)13-8-15(22)18-16(9-13)26(14-5-4-6-14)19(25-18)24-17(27)7-12-10-21(3,23)11-12/h8-9,12,14,28H,4-7,10-11H2,1-3H3,(H,24,25,27). The Morgan fingerprint density at radius 1 is 1.39 bits per heavy atom. The minimum absolute atomic E-state index is 0.0371. The number of carbonyl (C=O) groups excluding carboxylic acids is 1. The third-order valence-corrected chi connectivity index (χ3v) is 6.05. The molecule has 152 valence electrons. The Kier molecular flexibility index (Phi) is 4.49. The van der Waals surface area contributed by atoms with Gasteiger partial charge in [0.25, 0.3) is 0 Å². The van der Waals surface area contributed by atoms with Gasteiger partial charge in [-0.2, -0.15) is 0 Å². The molecule has 0 aliphatic heterocycles. The summed E-state index contributed by atoms with van der Waals surface area (Å²) in [6.45, 7) is 4.77.